The molecule has 0 fully saturated rings. The van der Waals surface area contributed by atoms with Gasteiger partial charge in [0.2, 0.25) is 11.9 Å². The number of aromatic amines is 1. The van der Waals surface area contributed by atoms with E-state index in [1.807, 2.05) is 18.2 Å². The topological polar surface area (TPSA) is 289 Å². The summed E-state index contributed by atoms with van der Waals surface area (Å²) in [5, 5.41) is 24.6. The van der Waals surface area contributed by atoms with Crippen LogP contribution in [0.4, 0.5) is 51.7 Å². The van der Waals surface area contributed by atoms with Gasteiger partial charge in [0.1, 0.15) is 10.1 Å². The number of nitrogen functional groups attached to an aromatic ring is 1. The number of para-hydroxylation sites is 1. The van der Waals surface area contributed by atoms with Crippen LogP contribution in [-0.4, -0.2) is 57.0 Å². The van der Waals surface area contributed by atoms with Gasteiger partial charge in [-0.25, -0.2) is 13.4 Å². The Morgan fingerprint density at radius 3 is 1.78 bits per heavy atom. The molecule has 63 heavy (non-hydrogen) atoms. The molecule has 1 aromatic heterocycles. The normalized spacial score (nSPS) is 13.8. The van der Waals surface area contributed by atoms with Crippen molar-refractivity contribution >= 4 is 90.9 Å². The third-order valence-electron chi connectivity index (χ3n) is 9.19. The first kappa shape index (κ1) is 46.0. The second kappa shape index (κ2) is 19.2. The number of benzene rings is 5. The number of hydrogen-bond donors (Lipinski definition) is 6. The zero-order chi connectivity index (χ0) is 42.8. The maximum Gasteiger partial charge on any atom is 1.00 e. The second-order valence-electron chi connectivity index (χ2n) is 13.3. The molecule has 0 saturated heterocycles. The molecule has 21 heteroatoms. The number of fused-ring (bicyclic) bond motifs is 2. The van der Waals surface area contributed by atoms with Crippen molar-refractivity contribution in [2.75, 3.05) is 27.1 Å². The summed E-state index contributed by atoms with van der Waals surface area (Å²) in [4.78, 5) is 66.0. The van der Waals surface area contributed by atoms with E-state index < -0.39 is 49.6 Å². The maximum absolute atomic E-state index is 13.7. The molecule has 2 aliphatic rings. The summed E-state index contributed by atoms with van der Waals surface area (Å²) in [7, 11) is -5.16. The van der Waals surface area contributed by atoms with Crippen LogP contribution in [0, 0.1) is 0 Å². The van der Waals surface area contributed by atoms with Crippen molar-refractivity contribution in [1.82, 2.24) is 15.0 Å². The number of aliphatic carboxylic acids is 1. The monoisotopic (exact) mass is 878 g/mol. The van der Waals surface area contributed by atoms with Gasteiger partial charge >= 0.3 is 59.1 Å². The number of hydrazone groups is 1. The zero-order valence-corrected chi connectivity index (χ0v) is 38.0. The van der Waals surface area contributed by atoms with Crippen molar-refractivity contribution in [1.29, 1.82) is 0 Å². The molecule has 0 bridgehead atoms. The summed E-state index contributed by atoms with van der Waals surface area (Å²) >= 11 is 0. The number of ketones is 3. The number of hydrogen-bond acceptors (Lipinski definition) is 17. The van der Waals surface area contributed by atoms with Gasteiger partial charge in [0.15, 0.2) is 17.3 Å². The number of nitrogens with one attached hydrogen (secondary N) is 5. The SMILES string of the molecule is Nc1c(S(=O)(=O)[O-])cc(Nc2ccc(Nc3nc(=Nc4ccccc4)nc(Nc4ccc(N/N=C5/C=CC(=O)C(C(=O)[O-])=C5)cc4)[nH]3)cc2)c2c1C(=O)c1ccccc1C2=O.[Na+].[Na+]. The van der Waals surface area contributed by atoms with Gasteiger partial charge in [0.05, 0.1) is 50.5 Å². The smallest absolute Gasteiger partial charge is 0.744 e. The molecular formula is C42H28N10Na2O8S. The van der Waals surface area contributed by atoms with Crippen LogP contribution in [0.25, 0.3) is 0 Å². The van der Waals surface area contributed by atoms with Crippen LogP contribution in [0.5, 0.6) is 0 Å². The molecule has 1 heterocycles. The Labute approximate surface area is 401 Å². The fourth-order valence-corrected chi connectivity index (χ4v) is 6.98. The zero-order valence-electron chi connectivity index (χ0n) is 33.2. The third-order valence-corrected chi connectivity index (χ3v) is 10.1. The van der Waals surface area contributed by atoms with Crippen LogP contribution in [0.2, 0.25) is 0 Å². The Kier molecular flexibility index (Phi) is 14.0. The van der Waals surface area contributed by atoms with Crippen LogP contribution in [0.15, 0.2) is 148 Å². The van der Waals surface area contributed by atoms with Gasteiger partial charge in [-0.2, -0.15) is 15.1 Å². The molecule has 0 radical (unpaired) electrons. The summed E-state index contributed by atoms with van der Waals surface area (Å²) in [6.45, 7) is 0. The van der Waals surface area contributed by atoms with Gasteiger partial charge in [0, 0.05) is 33.8 Å². The van der Waals surface area contributed by atoms with E-state index >= 15 is 0 Å². The van der Waals surface area contributed by atoms with Crippen molar-refractivity contribution in [2.45, 2.75) is 4.90 Å². The molecule has 0 saturated carbocycles. The summed E-state index contributed by atoms with van der Waals surface area (Å²) in [6.07, 6.45) is 3.58. The molecule has 302 valence electrons. The first-order valence-electron chi connectivity index (χ1n) is 18.0. The first-order valence-corrected chi connectivity index (χ1v) is 19.4. The Balaban J connectivity index is 0.00000330. The molecule has 0 spiro atoms. The Morgan fingerprint density at radius 1 is 0.698 bits per heavy atom. The summed E-state index contributed by atoms with van der Waals surface area (Å²) in [6, 6.07) is 29.4. The predicted molar refractivity (Wildman–Crippen MR) is 221 cm³/mol. The number of anilines is 8. The average molecular weight is 879 g/mol. The van der Waals surface area contributed by atoms with Crippen molar-refractivity contribution in [3.63, 3.8) is 0 Å². The minimum atomic E-state index is -5.16. The summed E-state index contributed by atoms with van der Waals surface area (Å²) < 4.78 is 36.7. The molecule has 0 amide bonds. The number of allylic oxidation sites excluding steroid dienone is 3. The van der Waals surface area contributed by atoms with E-state index in [4.69, 9.17) is 5.73 Å². The molecule has 0 aliphatic heterocycles. The van der Waals surface area contributed by atoms with Gasteiger partial charge in [-0.3, -0.25) is 24.8 Å². The number of aromatic nitrogens is 3. The van der Waals surface area contributed by atoms with E-state index in [-0.39, 0.29) is 110 Å². The summed E-state index contributed by atoms with van der Waals surface area (Å²) in [5.41, 5.74) is 10.2. The molecular weight excluding hydrogens is 851 g/mol. The number of nitrogens with two attached hydrogens (primary N) is 1. The quantitative estimate of drug-likeness (QED) is 0.0207. The fourth-order valence-electron chi connectivity index (χ4n) is 6.35. The van der Waals surface area contributed by atoms with Crippen LogP contribution >= 0.6 is 0 Å². The van der Waals surface area contributed by atoms with E-state index in [1.165, 1.54) is 18.2 Å². The molecule has 2 aliphatic carbocycles. The van der Waals surface area contributed by atoms with Gasteiger partial charge < -0.3 is 36.1 Å². The van der Waals surface area contributed by atoms with Crippen LogP contribution in [0.3, 0.4) is 0 Å². The standard InChI is InChI=1S/C42H30N10O8S.2Na/c43-36-33(61(58,59)60)21-31(34-35(36)38(55)29-9-5-4-8-28(29)37(34)54)44-23-10-12-24(13-11-23)46-41-48-40(45-22-6-2-1-3-7-22)49-42(50-41)47-25-14-16-26(17-15-25)51-52-27-18-19-32(53)30(20-27)39(56)57;;/h1-21,44,51H,43H2,(H,56,57)(H,58,59,60)(H3,45,46,47,48,49,50);;/q;2*+1/p-2/b52-27-;;. The molecule has 0 unspecified atom stereocenters. The van der Waals surface area contributed by atoms with E-state index in [0.29, 0.717) is 28.4 Å². The molecule has 6 aromatic rings. The van der Waals surface area contributed by atoms with Crippen LogP contribution in [-0.2, 0) is 19.7 Å². The van der Waals surface area contributed by atoms with E-state index in [1.54, 1.807) is 72.8 Å². The largest absolute Gasteiger partial charge is 1.00 e. The van der Waals surface area contributed by atoms with Gasteiger partial charge in [-0.1, -0.05) is 42.5 Å². The third kappa shape index (κ3) is 10.2. The average Bonchev–Trinajstić information content (AvgIpc) is 3.24. The number of nitrogens with zero attached hydrogens (tertiary/aromatic N) is 4. The second-order valence-corrected chi connectivity index (χ2v) is 14.6. The number of carboxylic acids is 1. The summed E-state index contributed by atoms with van der Waals surface area (Å²) in [5.74, 6) is -3.06. The van der Waals surface area contributed by atoms with E-state index in [9.17, 15) is 37.3 Å². The molecule has 7 N–H and O–H groups in total. The van der Waals surface area contributed by atoms with Crippen molar-refractivity contribution < 1.29 is 96.4 Å². The molecule has 8 rings (SSSR count). The van der Waals surface area contributed by atoms with Crippen molar-refractivity contribution in [2.24, 2.45) is 10.1 Å². The van der Waals surface area contributed by atoms with Gasteiger partial charge in [-0.05, 0) is 85.0 Å². The number of carbonyl (C=O) groups excluding carboxylic acids is 4. The maximum atomic E-state index is 13.7. The number of carboxylic acid groups (broad SMARTS) is 1. The van der Waals surface area contributed by atoms with Crippen molar-refractivity contribution in [3.8, 4) is 0 Å². The Bertz CT molecular complexity index is 3100. The van der Waals surface area contributed by atoms with Gasteiger partial charge in [-0.15, -0.1) is 0 Å². The van der Waals surface area contributed by atoms with E-state index in [0.717, 1.165) is 18.2 Å². The number of carbonyl (C=O) groups is 4. The number of rotatable bonds is 11. The van der Waals surface area contributed by atoms with Gasteiger partial charge in [0.25, 0.3) is 5.62 Å². The molecule has 18 nitrogen and oxygen atoms in total. The Hall–Kier alpha value is -6.55. The Morgan fingerprint density at radius 2 is 1.22 bits per heavy atom. The minimum Gasteiger partial charge on any atom is -0.744 e. The fraction of sp³-hybridized carbons (Fsp3) is 0. The van der Waals surface area contributed by atoms with Crippen molar-refractivity contribution in [3.05, 3.63) is 161 Å². The number of H-pyrrole nitrogens is 1. The minimum absolute atomic E-state index is 0. The molecule has 5 aromatic carbocycles. The molecule has 0 atom stereocenters. The first-order chi connectivity index (χ1) is 29.3. The van der Waals surface area contributed by atoms with Crippen LogP contribution in [0.1, 0.15) is 31.8 Å². The van der Waals surface area contributed by atoms with E-state index in [2.05, 4.69) is 46.4 Å². The van der Waals surface area contributed by atoms with Crippen LogP contribution < -0.4 is 96.9 Å². The predicted octanol–water partition coefficient (Wildman–Crippen LogP) is -1.88.